The van der Waals surface area contributed by atoms with Crippen LogP contribution < -0.4 is 10.5 Å². The number of nitrogen functional groups attached to an aromatic ring is 1. The number of benzene rings is 1. The fourth-order valence-electron chi connectivity index (χ4n) is 1.40. The molecule has 0 unspecified atom stereocenters. The summed E-state index contributed by atoms with van der Waals surface area (Å²) in [5, 5.41) is 11.1. The Bertz CT molecular complexity index is 648. The smallest absolute Gasteiger partial charge is 0.311 e. The molecule has 0 aliphatic heterocycles. The summed E-state index contributed by atoms with van der Waals surface area (Å²) >= 11 is 5.83. The van der Waals surface area contributed by atoms with Gasteiger partial charge in [0.05, 0.1) is 11.1 Å². The molecule has 8 heteroatoms. The number of nitrogens with zero attached hydrogens (tertiary/aromatic N) is 3. The highest BCUT2D eigenvalue weighted by Gasteiger charge is 2.18. The monoisotopic (exact) mass is 280 g/mol. The quantitative estimate of drug-likeness (QED) is 0.684. The van der Waals surface area contributed by atoms with E-state index in [0.717, 1.165) is 5.56 Å². The maximum Gasteiger partial charge on any atom is 0.311 e. The van der Waals surface area contributed by atoms with Crippen molar-refractivity contribution < 1.29 is 9.66 Å². The molecule has 0 atom stereocenters. The zero-order chi connectivity index (χ0) is 14.0. The average Bonchev–Trinajstić information content (AvgIpc) is 2.35. The van der Waals surface area contributed by atoms with E-state index in [1.165, 1.54) is 18.3 Å². The molecule has 0 spiro atoms. The highest BCUT2D eigenvalue weighted by atomic mass is 35.5. The molecule has 1 aromatic heterocycles. The molecular weight excluding hydrogens is 272 g/mol. The Labute approximate surface area is 113 Å². The topological polar surface area (TPSA) is 104 Å². The van der Waals surface area contributed by atoms with E-state index in [2.05, 4.69) is 9.97 Å². The fraction of sp³-hybridized carbons (Fsp3) is 0.0909. The van der Waals surface area contributed by atoms with Crippen LogP contribution in [-0.2, 0) is 0 Å². The van der Waals surface area contributed by atoms with E-state index in [1.807, 2.05) is 0 Å². The van der Waals surface area contributed by atoms with Gasteiger partial charge in [-0.25, -0.2) is 4.98 Å². The van der Waals surface area contributed by atoms with Gasteiger partial charge >= 0.3 is 5.69 Å². The number of hydrogen-bond acceptors (Lipinski definition) is 6. The lowest BCUT2D eigenvalue weighted by atomic mass is 10.2. The molecule has 2 aromatic rings. The number of anilines is 1. The molecule has 0 aliphatic rings. The molecule has 19 heavy (non-hydrogen) atoms. The molecule has 98 valence electrons. The fourth-order valence-corrected chi connectivity index (χ4v) is 1.53. The summed E-state index contributed by atoms with van der Waals surface area (Å²) in [7, 11) is 0. The van der Waals surface area contributed by atoms with Crippen LogP contribution in [0.2, 0.25) is 5.02 Å². The van der Waals surface area contributed by atoms with E-state index in [1.54, 1.807) is 13.0 Å². The van der Waals surface area contributed by atoms with Gasteiger partial charge in [-0.1, -0.05) is 17.7 Å². The van der Waals surface area contributed by atoms with Gasteiger partial charge in [0, 0.05) is 6.07 Å². The normalized spacial score (nSPS) is 10.2. The molecular formula is C11H9ClN4O3. The standard InChI is InChI=1S/C11H9ClN4O3/c1-6-2-3-9(8(4-6)16(17)18)19-10-7(12)5-14-11(13)15-10/h2-5H,1H3,(H2,13,14,15). The van der Waals surface area contributed by atoms with Crippen molar-refractivity contribution >= 4 is 23.2 Å². The molecule has 0 saturated carbocycles. The van der Waals surface area contributed by atoms with Crippen LogP contribution in [0.15, 0.2) is 24.4 Å². The maximum absolute atomic E-state index is 11.0. The van der Waals surface area contributed by atoms with Crippen LogP contribution in [-0.4, -0.2) is 14.9 Å². The van der Waals surface area contributed by atoms with E-state index in [9.17, 15) is 10.1 Å². The van der Waals surface area contributed by atoms with E-state index < -0.39 is 4.92 Å². The van der Waals surface area contributed by atoms with E-state index in [0.29, 0.717) is 0 Å². The van der Waals surface area contributed by atoms with Crippen LogP contribution in [0.1, 0.15) is 5.56 Å². The molecule has 0 fully saturated rings. The first-order valence-corrected chi connectivity index (χ1v) is 5.56. The predicted molar refractivity (Wildman–Crippen MR) is 69.4 cm³/mol. The van der Waals surface area contributed by atoms with Crippen molar-refractivity contribution in [3.05, 3.63) is 45.1 Å². The minimum absolute atomic E-state index is 0.0267. The van der Waals surface area contributed by atoms with Gasteiger partial charge in [-0.05, 0) is 18.6 Å². The molecule has 7 nitrogen and oxygen atoms in total. The summed E-state index contributed by atoms with van der Waals surface area (Å²) in [6, 6.07) is 4.55. The molecule has 0 aliphatic carbocycles. The van der Waals surface area contributed by atoms with Crippen molar-refractivity contribution in [2.45, 2.75) is 6.92 Å². The van der Waals surface area contributed by atoms with Crippen molar-refractivity contribution in [3.8, 4) is 11.6 Å². The second kappa shape index (κ2) is 5.07. The summed E-state index contributed by atoms with van der Waals surface area (Å²) in [6.07, 6.45) is 1.26. The number of hydrogen-bond donors (Lipinski definition) is 1. The third kappa shape index (κ3) is 2.89. The lowest BCUT2D eigenvalue weighted by Crippen LogP contribution is -1.99. The number of nitro benzene ring substituents is 1. The van der Waals surface area contributed by atoms with E-state index >= 15 is 0 Å². The molecule has 0 saturated heterocycles. The number of ether oxygens (including phenoxy) is 1. The Kier molecular flexibility index (Phi) is 3.48. The zero-order valence-electron chi connectivity index (χ0n) is 9.83. The van der Waals surface area contributed by atoms with Crippen LogP contribution >= 0.6 is 11.6 Å². The molecule has 1 heterocycles. The molecule has 1 aromatic carbocycles. The van der Waals surface area contributed by atoms with E-state index in [-0.39, 0.29) is 28.3 Å². The molecule has 0 radical (unpaired) electrons. The first-order chi connectivity index (χ1) is 8.97. The molecule has 2 rings (SSSR count). The number of nitrogens with two attached hydrogens (primary N) is 1. The average molecular weight is 281 g/mol. The highest BCUT2D eigenvalue weighted by Crippen LogP contribution is 2.34. The van der Waals surface area contributed by atoms with Crippen LogP contribution in [0, 0.1) is 17.0 Å². The predicted octanol–water partition coefficient (Wildman–Crippen LogP) is 2.72. The minimum Gasteiger partial charge on any atom is -0.430 e. The molecule has 0 bridgehead atoms. The zero-order valence-corrected chi connectivity index (χ0v) is 10.6. The number of halogens is 1. The maximum atomic E-state index is 11.0. The van der Waals surface area contributed by atoms with Crippen molar-refractivity contribution in [2.75, 3.05) is 5.73 Å². The first-order valence-electron chi connectivity index (χ1n) is 5.18. The number of aromatic nitrogens is 2. The lowest BCUT2D eigenvalue weighted by Gasteiger charge is -2.07. The van der Waals surface area contributed by atoms with Gasteiger partial charge in [0.25, 0.3) is 0 Å². The Morgan fingerprint density at radius 2 is 2.21 bits per heavy atom. The Morgan fingerprint density at radius 1 is 1.47 bits per heavy atom. The third-order valence-electron chi connectivity index (χ3n) is 2.25. The SMILES string of the molecule is Cc1ccc(Oc2nc(N)ncc2Cl)c([N+](=O)[O-])c1. The summed E-state index contributed by atoms with van der Waals surface area (Å²) in [4.78, 5) is 17.9. The van der Waals surface area contributed by atoms with Crippen molar-refractivity contribution in [1.82, 2.24) is 9.97 Å². The molecule has 2 N–H and O–H groups in total. The Balaban J connectivity index is 2.43. The minimum atomic E-state index is -0.541. The van der Waals surface area contributed by atoms with Crippen LogP contribution in [0.25, 0.3) is 0 Å². The first kappa shape index (κ1) is 13.0. The molecule has 0 amide bonds. The third-order valence-corrected chi connectivity index (χ3v) is 2.51. The highest BCUT2D eigenvalue weighted by molar-refractivity contribution is 6.31. The Hall–Kier alpha value is -2.41. The van der Waals surface area contributed by atoms with Gasteiger partial charge in [-0.3, -0.25) is 10.1 Å². The summed E-state index contributed by atoms with van der Waals surface area (Å²) < 4.78 is 5.33. The van der Waals surface area contributed by atoms with Gasteiger partial charge in [0.1, 0.15) is 5.02 Å². The summed E-state index contributed by atoms with van der Waals surface area (Å²) in [5.41, 5.74) is 5.98. The number of nitro groups is 1. The van der Waals surface area contributed by atoms with Crippen molar-refractivity contribution in [3.63, 3.8) is 0 Å². The van der Waals surface area contributed by atoms with Gasteiger partial charge < -0.3 is 10.5 Å². The van der Waals surface area contributed by atoms with Crippen LogP contribution in [0.5, 0.6) is 11.6 Å². The number of aryl methyl sites for hydroxylation is 1. The van der Waals surface area contributed by atoms with Crippen molar-refractivity contribution in [1.29, 1.82) is 0 Å². The van der Waals surface area contributed by atoms with Crippen LogP contribution in [0.4, 0.5) is 11.6 Å². The Morgan fingerprint density at radius 3 is 2.89 bits per heavy atom. The van der Waals surface area contributed by atoms with Gasteiger partial charge in [-0.15, -0.1) is 0 Å². The summed E-state index contributed by atoms with van der Waals surface area (Å²) in [5.74, 6) is -0.0223. The largest absolute Gasteiger partial charge is 0.430 e. The van der Waals surface area contributed by atoms with Gasteiger partial charge in [0.2, 0.25) is 17.6 Å². The van der Waals surface area contributed by atoms with Crippen molar-refractivity contribution in [2.24, 2.45) is 0 Å². The second-order valence-electron chi connectivity index (χ2n) is 3.71. The number of rotatable bonds is 3. The van der Waals surface area contributed by atoms with Gasteiger partial charge in [0.15, 0.2) is 0 Å². The van der Waals surface area contributed by atoms with Crippen LogP contribution in [0.3, 0.4) is 0 Å². The summed E-state index contributed by atoms with van der Waals surface area (Å²) in [6.45, 7) is 1.74. The second-order valence-corrected chi connectivity index (χ2v) is 4.12. The van der Waals surface area contributed by atoms with Gasteiger partial charge in [-0.2, -0.15) is 4.98 Å². The van der Waals surface area contributed by atoms with E-state index in [4.69, 9.17) is 22.1 Å². The lowest BCUT2D eigenvalue weighted by molar-refractivity contribution is -0.385.